The van der Waals surface area contributed by atoms with Gasteiger partial charge in [-0.2, -0.15) is 5.10 Å². The van der Waals surface area contributed by atoms with Gasteiger partial charge in [0.25, 0.3) is 0 Å². The molecule has 0 bridgehead atoms. The van der Waals surface area contributed by atoms with Gasteiger partial charge in [-0.15, -0.1) is 0 Å². The highest BCUT2D eigenvalue weighted by molar-refractivity contribution is 5.98. The minimum atomic E-state index is -0.00157. The van der Waals surface area contributed by atoms with Crippen molar-refractivity contribution in [2.45, 2.75) is 32.5 Å². The summed E-state index contributed by atoms with van der Waals surface area (Å²) in [5.74, 6) is 1.14. The Bertz CT molecular complexity index is 2140. The smallest absolute Gasteiger partial charge is 0.225 e. The third-order valence-electron chi connectivity index (χ3n) is 10.5. The number of anilines is 3. The normalized spacial score (nSPS) is 14.6. The van der Waals surface area contributed by atoms with Gasteiger partial charge in [-0.3, -0.25) is 9.69 Å². The van der Waals surface area contributed by atoms with E-state index in [2.05, 4.69) is 47.9 Å². The Kier molecular flexibility index (Phi) is 14.4. The summed E-state index contributed by atoms with van der Waals surface area (Å²) in [7, 11) is 0. The third-order valence-corrected chi connectivity index (χ3v) is 10.5. The zero-order valence-corrected chi connectivity index (χ0v) is 33.4. The second-order valence-corrected chi connectivity index (χ2v) is 14.5. The van der Waals surface area contributed by atoms with Gasteiger partial charge < -0.3 is 51.1 Å². The number of aromatic nitrogens is 6. The highest BCUT2D eigenvalue weighted by Crippen LogP contribution is 2.34. The quantitative estimate of drug-likeness (QED) is 0.0499. The number of hydrogen-bond acceptors (Lipinski definition) is 16. The van der Waals surface area contributed by atoms with Crippen LogP contribution < -0.4 is 22.1 Å². The van der Waals surface area contributed by atoms with Crippen LogP contribution in [0, 0.1) is 0 Å². The Balaban J connectivity index is 0.726. The molecular weight excluding hydrogens is 757 g/mol. The summed E-state index contributed by atoms with van der Waals surface area (Å²) in [5, 5.41) is 15.4. The largest absolute Gasteiger partial charge is 0.506 e. The Morgan fingerprint density at radius 1 is 0.763 bits per heavy atom. The van der Waals surface area contributed by atoms with E-state index in [4.69, 9.17) is 41.2 Å². The minimum Gasteiger partial charge on any atom is -0.506 e. The number of carbonyl (C=O) groups is 1. The first-order valence-electron chi connectivity index (χ1n) is 20.1. The van der Waals surface area contributed by atoms with E-state index >= 15 is 0 Å². The molecular formula is C41H54N12O6. The van der Waals surface area contributed by atoms with Crippen molar-refractivity contribution in [3.05, 3.63) is 77.4 Å². The van der Waals surface area contributed by atoms with Crippen LogP contribution in [-0.4, -0.2) is 143 Å². The summed E-state index contributed by atoms with van der Waals surface area (Å²) in [6.07, 6.45) is 6.08. The van der Waals surface area contributed by atoms with Crippen LogP contribution in [0.15, 0.2) is 55.1 Å². The summed E-state index contributed by atoms with van der Waals surface area (Å²) in [6, 6.07) is 11.2. The SMILES string of the molecule is NCc1cnc(N2CCN(CCOCCOCCOCCOCCC(=O)N3CCc4cc(Cn5nc(-c6ccc(O)c(N)c6)c6c(N)ncnc65)ccc4C3)CC2)nc1. The van der Waals surface area contributed by atoms with Gasteiger partial charge in [-0.1, -0.05) is 18.2 Å². The summed E-state index contributed by atoms with van der Waals surface area (Å²) in [6.45, 7) is 10.5. The zero-order chi connectivity index (χ0) is 41.0. The van der Waals surface area contributed by atoms with Gasteiger partial charge >= 0.3 is 0 Å². The Hall–Kier alpha value is -5.50. The number of phenolic OH excluding ortho intramolecular Hbond substituents is 1. The molecule has 0 aliphatic carbocycles. The maximum atomic E-state index is 13.0. The predicted octanol–water partition coefficient (Wildman–Crippen LogP) is 1.82. The lowest BCUT2D eigenvalue weighted by atomic mass is 9.97. The molecule has 0 radical (unpaired) electrons. The molecule has 2 aliphatic heterocycles. The molecule has 314 valence electrons. The van der Waals surface area contributed by atoms with Crippen LogP contribution in [0.5, 0.6) is 5.75 Å². The Morgan fingerprint density at radius 2 is 1.47 bits per heavy atom. The number of nitrogens with two attached hydrogens (primary N) is 3. The molecule has 7 N–H and O–H groups in total. The standard InChI is InChI=1S/C41H54N12O6/c42-23-30-24-45-41(46-25-30)51-10-8-50(9-11-51)12-14-57-16-18-59-20-19-58-17-15-56-13-6-36(55)52-7-5-31-21-29(1-2-33(31)27-52)26-53-40-37(39(44)47-28-48-40)38(49-53)32-3-4-35(54)34(43)22-32/h1-4,21-22,24-25,28,54H,5-20,23,26-27,42-43H2,(H2,44,47,48). The van der Waals surface area contributed by atoms with E-state index in [0.717, 1.165) is 61.8 Å². The third kappa shape index (κ3) is 11.0. The van der Waals surface area contributed by atoms with E-state index in [0.29, 0.717) is 114 Å². The molecule has 5 aromatic rings. The lowest BCUT2D eigenvalue weighted by molar-refractivity contribution is -0.133. The summed E-state index contributed by atoms with van der Waals surface area (Å²) in [4.78, 5) is 37.0. The number of fused-ring (bicyclic) bond motifs is 2. The number of carbonyl (C=O) groups excluding carboxylic acids is 1. The van der Waals surface area contributed by atoms with E-state index in [1.807, 2.05) is 4.90 Å². The summed E-state index contributed by atoms with van der Waals surface area (Å²) in [5.41, 5.74) is 24.3. The average molecular weight is 811 g/mol. The molecule has 1 amide bonds. The fourth-order valence-electron chi connectivity index (χ4n) is 7.20. The number of aromatic hydroxyl groups is 1. The molecule has 18 nitrogen and oxygen atoms in total. The molecule has 2 aliphatic rings. The lowest BCUT2D eigenvalue weighted by Gasteiger charge is -2.34. The first-order chi connectivity index (χ1) is 28.9. The number of nitrogen functional groups attached to an aromatic ring is 2. The van der Waals surface area contributed by atoms with Crippen LogP contribution in [0.25, 0.3) is 22.3 Å². The number of hydrogen-bond donors (Lipinski definition) is 4. The number of ether oxygens (including phenoxy) is 4. The molecule has 2 aromatic carbocycles. The highest BCUT2D eigenvalue weighted by Gasteiger charge is 2.23. The van der Waals surface area contributed by atoms with Gasteiger partial charge in [0.05, 0.1) is 76.9 Å². The minimum absolute atomic E-state index is 0.00157. The molecule has 59 heavy (non-hydrogen) atoms. The summed E-state index contributed by atoms with van der Waals surface area (Å²) >= 11 is 0. The van der Waals surface area contributed by atoms with Gasteiger partial charge in [0.15, 0.2) is 5.65 Å². The van der Waals surface area contributed by atoms with Gasteiger partial charge in [-0.25, -0.2) is 24.6 Å². The number of amides is 1. The number of benzene rings is 2. The maximum Gasteiger partial charge on any atom is 0.225 e. The molecule has 18 heteroatoms. The van der Waals surface area contributed by atoms with Gasteiger partial charge in [-0.05, 0) is 41.3 Å². The lowest BCUT2D eigenvalue weighted by Crippen LogP contribution is -2.47. The van der Waals surface area contributed by atoms with Crippen LogP contribution in [0.3, 0.4) is 0 Å². The van der Waals surface area contributed by atoms with Crippen molar-refractivity contribution in [3.8, 4) is 17.0 Å². The Labute approximate surface area is 343 Å². The van der Waals surface area contributed by atoms with Crippen LogP contribution in [0.2, 0.25) is 0 Å². The fraction of sp³-hybridized carbons (Fsp3) is 0.463. The zero-order valence-electron chi connectivity index (χ0n) is 33.4. The van der Waals surface area contributed by atoms with E-state index < -0.39 is 0 Å². The topological polar surface area (TPSA) is 231 Å². The molecule has 0 spiro atoms. The molecule has 1 fully saturated rings. The van der Waals surface area contributed by atoms with E-state index in [1.54, 1.807) is 29.2 Å². The Morgan fingerprint density at radius 3 is 2.19 bits per heavy atom. The van der Waals surface area contributed by atoms with Gasteiger partial charge in [0, 0.05) is 75.9 Å². The van der Waals surface area contributed by atoms with Crippen LogP contribution >= 0.6 is 0 Å². The maximum absolute atomic E-state index is 13.0. The number of piperazine rings is 1. The van der Waals surface area contributed by atoms with Gasteiger partial charge in [0.1, 0.15) is 23.6 Å². The van der Waals surface area contributed by atoms with Crippen molar-refractivity contribution < 1.29 is 28.8 Å². The molecule has 3 aromatic heterocycles. The molecule has 7 rings (SSSR count). The first-order valence-corrected chi connectivity index (χ1v) is 20.1. The van der Waals surface area contributed by atoms with E-state index in [9.17, 15) is 9.90 Å². The van der Waals surface area contributed by atoms with Crippen molar-refractivity contribution in [3.63, 3.8) is 0 Å². The number of nitrogens with zero attached hydrogens (tertiary/aromatic N) is 9. The van der Waals surface area contributed by atoms with E-state index in [-0.39, 0.29) is 17.3 Å². The van der Waals surface area contributed by atoms with Crippen LogP contribution in [-0.2, 0) is 49.8 Å². The van der Waals surface area contributed by atoms with Crippen molar-refractivity contribution in [1.29, 1.82) is 0 Å². The number of rotatable bonds is 20. The van der Waals surface area contributed by atoms with Crippen LogP contribution in [0.1, 0.15) is 28.7 Å². The van der Waals surface area contributed by atoms with Crippen molar-refractivity contribution in [2.24, 2.45) is 5.73 Å². The second kappa shape index (κ2) is 20.5. The molecule has 5 heterocycles. The predicted molar refractivity (Wildman–Crippen MR) is 222 cm³/mol. The summed E-state index contributed by atoms with van der Waals surface area (Å²) < 4.78 is 24.5. The average Bonchev–Trinajstić information content (AvgIpc) is 3.63. The van der Waals surface area contributed by atoms with Crippen molar-refractivity contribution in [1.82, 2.24) is 39.5 Å². The highest BCUT2D eigenvalue weighted by atomic mass is 16.6. The number of phenols is 1. The first kappa shape index (κ1) is 41.7. The fourth-order valence-corrected chi connectivity index (χ4v) is 7.20. The monoisotopic (exact) mass is 810 g/mol. The van der Waals surface area contributed by atoms with Gasteiger partial charge in [0.2, 0.25) is 11.9 Å². The molecule has 0 saturated carbocycles. The second-order valence-electron chi connectivity index (χ2n) is 14.5. The molecule has 0 atom stereocenters. The van der Waals surface area contributed by atoms with E-state index in [1.165, 1.54) is 18.0 Å². The molecule has 0 unspecified atom stereocenters. The molecule has 1 saturated heterocycles. The van der Waals surface area contributed by atoms with Crippen molar-refractivity contribution >= 4 is 34.4 Å². The van der Waals surface area contributed by atoms with Crippen molar-refractivity contribution in [2.75, 3.05) is 108 Å². The van der Waals surface area contributed by atoms with Crippen LogP contribution in [0.4, 0.5) is 17.5 Å².